The Morgan fingerprint density at radius 3 is 1.87 bits per heavy atom. The van der Waals surface area contributed by atoms with Crippen molar-refractivity contribution < 1.29 is 34.1 Å². The molecule has 4 rings (SSSR count). The Morgan fingerprint density at radius 1 is 0.842 bits per heavy atom. The summed E-state index contributed by atoms with van der Waals surface area (Å²) >= 11 is 0. The van der Waals surface area contributed by atoms with Crippen molar-refractivity contribution in [3.05, 3.63) is 78.4 Å². The molecule has 0 radical (unpaired) electrons. The van der Waals surface area contributed by atoms with Crippen LogP contribution in [0.25, 0.3) is 0 Å². The Labute approximate surface area is 220 Å². The van der Waals surface area contributed by atoms with Crippen molar-refractivity contribution in [2.24, 2.45) is 11.8 Å². The van der Waals surface area contributed by atoms with Gasteiger partial charge in [0.2, 0.25) is 11.8 Å². The molecule has 2 amide bonds. The number of aromatic hydroxyl groups is 1. The van der Waals surface area contributed by atoms with E-state index < -0.39 is 47.4 Å². The lowest BCUT2D eigenvalue weighted by Crippen LogP contribution is -2.56. The van der Waals surface area contributed by atoms with Gasteiger partial charge in [-0.3, -0.25) is 14.4 Å². The molecule has 0 bridgehead atoms. The number of anilines is 2. The summed E-state index contributed by atoms with van der Waals surface area (Å²) in [6, 6.07) is 19.5. The standard InChI is InChI=1S/C29H30N2O7/c1-29(36)16-21(33)25(27(34)30-19-8-4-6-10-22(19)37-2)24(17-12-14-18(32)15-13-17)26(29)28(35)31-20-9-5-7-11-23(20)38-3/h4-15,24-26,32,36H,16H2,1-3H3,(H,30,34)(H,31,35)/t24-,25-,26+,29+/m1/s1. The van der Waals surface area contributed by atoms with Crippen LogP contribution in [0.4, 0.5) is 11.4 Å². The third kappa shape index (κ3) is 5.33. The fourth-order valence-corrected chi connectivity index (χ4v) is 5.11. The molecule has 0 unspecified atom stereocenters. The average Bonchev–Trinajstić information content (AvgIpc) is 2.88. The van der Waals surface area contributed by atoms with Crippen LogP contribution in [0, 0.1) is 11.8 Å². The van der Waals surface area contributed by atoms with Crippen LogP contribution in [0.2, 0.25) is 0 Å². The number of para-hydroxylation sites is 4. The molecule has 0 aromatic heterocycles. The van der Waals surface area contributed by atoms with Crippen LogP contribution < -0.4 is 20.1 Å². The second-order valence-electron chi connectivity index (χ2n) is 9.45. The fraction of sp³-hybridized carbons (Fsp3) is 0.276. The van der Waals surface area contributed by atoms with Gasteiger partial charge in [0.25, 0.3) is 0 Å². The van der Waals surface area contributed by atoms with Crippen molar-refractivity contribution in [1.29, 1.82) is 0 Å². The van der Waals surface area contributed by atoms with E-state index in [1.807, 2.05) is 0 Å². The minimum Gasteiger partial charge on any atom is -0.508 e. The van der Waals surface area contributed by atoms with Gasteiger partial charge >= 0.3 is 0 Å². The van der Waals surface area contributed by atoms with Gasteiger partial charge in [0.15, 0.2) is 0 Å². The van der Waals surface area contributed by atoms with Crippen molar-refractivity contribution in [1.82, 2.24) is 0 Å². The number of hydrogen-bond acceptors (Lipinski definition) is 7. The van der Waals surface area contributed by atoms with Gasteiger partial charge in [0.05, 0.1) is 37.1 Å². The number of ether oxygens (including phenoxy) is 2. The lowest BCUT2D eigenvalue weighted by atomic mass is 9.61. The molecule has 4 atom stereocenters. The minimum atomic E-state index is -1.77. The summed E-state index contributed by atoms with van der Waals surface area (Å²) in [5.41, 5.74) is -0.583. The number of methoxy groups -OCH3 is 2. The van der Waals surface area contributed by atoms with Crippen molar-refractivity contribution >= 4 is 29.0 Å². The zero-order valence-corrected chi connectivity index (χ0v) is 21.3. The molecule has 1 saturated carbocycles. The summed E-state index contributed by atoms with van der Waals surface area (Å²) in [5, 5.41) is 26.8. The molecule has 9 heteroatoms. The maximum atomic E-state index is 13.8. The zero-order chi connectivity index (χ0) is 27.4. The van der Waals surface area contributed by atoms with Crippen molar-refractivity contribution in [3.8, 4) is 17.2 Å². The van der Waals surface area contributed by atoms with Crippen molar-refractivity contribution in [2.45, 2.75) is 24.9 Å². The number of benzene rings is 3. The second kappa shape index (κ2) is 10.9. The first-order valence-corrected chi connectivity index (χ1v) is 12.1. The predicted molar refractivity (Wildman–Crippen MR) is 141 cm³/mol. The van der Waals surface area contributed by atoms with Crippen molar-refractivity contribution in [3.63, 3.8) is 0 Å². The summed E-state index contributed by atoms with van der Waals surface area (Å²) in [4.78, 5) is 40.9. The number of carbonyl (C=O) groups excluding carboxylic acids is 3. The molecule has 1 aliphatic rings. The van der Waals surface area contributed by atoms with Crippen LogP contribution in [0.3, 0.4) is 0 Å². The molecular weight excluding hydrogens is 488 g/mol. The van der Waals surface area contributed by atoms with Gasteiger partial charge in [-0.2, -0.15) is 0 Å². The molecule has 198 valence electrons. The number of Topliss-reactive ketones (excluding diaryl/α,β-unsaturated/α-hetero) is 1. The number of rotatable bonds is 7. The second-order valence-corrected chi connectivity index (χ2v) is 9.45. The van der Waals surface area contributed by atoms with Gasteiger partial charge < -0.3 is 30.3 Å². The van der Waals surface area contributed by atoms with E-state index in [4.69, 9.17) is 9.47 Å². The Balaban J connectivity index is 1.78. The number of amides is 2. The van der Waals surface area contributed by atoms with Crippen LogP contribution in [-0.4, -0.2) is 47.6 Å². The molecule has 3 aromatic rings. The molecule has 1 fully saturated rings. The maximum Gasteiger partial charge on any atom is 0.235 e. The van der Waals surface area contributed by atoms with Gasteiger partial charge in [0.1, 0.15) is 28.9 Å². The van der Waals surface area contributed by atoms with Crippen molar-refractivity contribution in [2.75, 3.05) is 24.9 Å². The topological polar surface area (TPSA) is 134 Å². The molecule has 0 aliphatic heterocycles. The Morgan fingerprint density at radius 2 is 1.34 bits per heavy atom. The molecule has 0 saturated heterocycles. The van der Waals surface area contributed by atoms with E-state index in [0.29, 0.717) is 28.4 Å². The van der Waals surface area contributed by atoms with Gasteiger partial charge in [-0.05, 0) is 48.9 Å². The Bertz CT molecular complexity index is 1340. The summed E-state index contributed by atoms with van der Waals surface area (Å²) in [7, 11) is 2.93. The normalized spacial score (nSPS) is 22.8. The highest BCUT2D eigenvalue weighted by Gasteiger charge is 2.56. The van der Waals surface area contributed by atoms with E-state index in [2.05, 4.69) is 10.6 Å². The lowest BCUT2D eigenvalue weighted by Gasteiger charge is -2.44. The minimum absolute atomic E-state index is 0.0207. The summed E-state index contributed by atoms with van der Waals surface area (Å²) in [6.45, 7) is 1.42. The molecule has 1 aliphatic carbocycles. The van der Waals surface area contributed by atoms with E-state index in [1.165, 1.54) is 33.3 Å². The third-order valence-electron chi connectivity index (χ3n) is 6.84. The zero-order valence-electron chi connectivity index (χ0n) is 21.3. The summed E-state index contributed by atoms with van der Waals surface area (Å²) < 4.78 is 10.7. The quantitative estimate of drug-likeness (QED) is 0.350. The first-order chi connectivity index (χ1) is 18.2. The van der Waals surface area contributed by atoms with Crippen LogP contribution in [0.15, 0.2) is 72.8 Å². The van der Waals surface area contributed by atoms with Gasteiger partial charge in [-0.25, -0.2) is 0 Å². The number of hydrogen-bond donors (Lipinski definition) is 4. The number of phenolic OH excluding ortho intramolecular Hbond substituents is 1. The Hall–Kier alpha value is -4.37. The molecule has 3 aromatic carbocycles. The fourth-order valence-electron chi connectivity index (χ4n) is 5.11. The van der Waals surface area contributed by atoms with Crippen LogP contribution in [-0.2, 0) is 14.4 Å². The summed E-state index contributed by atoms with van der Waals surface area (Å²) in [6.07, 6.45) is -0.407. The maximum absolute atomic E-state index is 13.8. The third-order valence-corrected chi connectivity index (χ3v) is 6.84. The number of phenols is 1. The summed E-state index contributed by atoms with van der Waals surface area (Å²) in [5.74, 6) is -4.49. The van der Waals surface area contributed by atoms with E-state index in [1.54, 1.807) is 60.7 Å². The van der Waals surface area contributed by atoms with Gasteiger partial charge in [-0.15, -0.1) is 0 Å². The van der Waals surface area contributed by atoms with Crippen LogP contribution in [0.5, 0.6) is 17.2 Å². The van der Waals surface area contributed by atoms with Crippen LogP contribution in [0.1, 0.15) is 24.8 Å². The van der Waals surface area contributed by atoms with E-state index in [0.717, 1.165) is 0 Å². The monoisotopic (exact) mass is 518 g/mol. The largest absolute Gasteiger partial charge is 0.508 e. The van der Waals surface area contributed by atoms with E-state index in [9.17, 15) is 24.6 Å². The highest BCUT2D eigenvalue weighted by molar-refractivity contribution is 6.11. The molecule has 38 heavy (non-hydrogen) atoms. The smallest absolute Gasteiger partial charge is 0.235 e. The first kappa shape index (κ1) is 26.7. The van der Waals surface area contributed by atoms with Gasteiger partial charge in [-0.1, -0.05) is 36.4 Å². The molecular formula is C29H30N2O7. The number of aliphatic hydroxyl groups is 1. The average molecular weight is 519 g/mol. The predicted octanol–water partition coefficient (Wildman–Crippen LogP) is 3.73. The number of carbonyl (C=O) groups is 3. The molecule has 9 nitrogen and oxygen atoms in total. The molecule has 0 spiro atoms. The molecule has 0 heterocycles. The lowest BCUT2D eigenvalue weighted by molar-refractivity contribution is -0.150. The Kier molecular flexibility index (Phi) is 7.68. The number of ketones is 1. The highest BCUT2D eigenvalue weighted by Crippen LogP contribution is 2.47. The molecule has 4 N–H and O–H groups in total. The van der Waals surface area contributed by atoms with E-state index >= 15 is 0 Å². The number of nitrogens with one attached hydrogen (secondary N) is 2. The van der Waals surface area contributed by atoms with E-state index in [-0.39, 0.29) is 5.75 Å². The van der Waals surface area contributed by atoms with Crippen LogP contribution >= 0.6 is 0 Å². The first-order valence-electron chi connectivity index (χ1n) is 12.1. The highest BCUT2D eigenvalue weighted by atomic mass is 16.5. The van der Waals surface area contributed by atoms with Gasteiger partial charge in [0, 0.05) is 12.3 Å². The SMILES string of the molecule is COc1ccccc1NC(=O)[C@@H]1C(=O)C[C@](C)(O)[C@H](C(=O)Nc2ccccc2OC)[C@@H]1c1ccc(O)cc1.